The first kappa shape index (κ1) is 17.5. The second kappa shape index (κ2) is 7.27. The molecule has 0 spiro atoms. The SMILES string of the molecule is COc1ccc([C@H]2CN(C(=O)Cc3c(C)noc3C)CCN2C)cc1. The Morgan fingerprint density at radius 3 is 2.60 bits per heavy atom. The molecular weight excluding hydrogens is 318 g/mol. The third-order valence-electron chi connectivity index (χ3n) is 5.01. The number of hydrogen-bond donors (Lipinski definition) is 0. The van der Waals surface area contributed by atoms with Gasteiger partial charge in [0.05, 0.1) is 25.3 Å². The standard InChI is InChI=1S/C19H25N3O3/c1-13-17(14(2)25-20-13)11-19(23)22-10-9-21(3)18(12-22)15-5-7-16(24-4)8-6-15/h5-8,18H,9-12H2,1-4H3/t18-/m1/s1. The summed E-state index contributed by atoms with van der Waals surface area (Å²) in [4.78, 5) is 17.0. The second-order valence-electron chi connectivity index (χ2n) is 6.59. The largest absolute Gasteiger partial charge is 0.497 e. The molecule has 1 aromatic carbocycles. The number of benzene rings is 1. The predicted molar refractivity (Wildman–Crippen MR) is 94.6 cm³/mol. The molecule has 1 amide bonds. The molecule has 1 aromatic heterocycles. The molecule has 1 aliphatic rings. The highest BCUT2D eigenvalue weighted by Gasteiger charge is 2.29. The van der Waals surface area contributed by atoms with Crippen molar-refractivity contribution in [3.8, 4) is 5.75 Å². The van der Waals surface area contributed by atoms with Gasteiger partial charge in [-0.15, -0.1) is 0 Å². The zero-order valence-corrected chi connectivity index (χ0v) is 15.3. The van der Waals surface area contributed by atoms with Crippen LogP contribution in [-0.2, 0) is 11.2 Å². The normalized spacial score (nSPS) is 18.4. The first-order valence-electron chi connectivity index (χ1n) is 8.53. The van der Waals surface area contributed by atoms with E-state index in [1.54, 1.807) is 7.11 Å². The summed E-state index contributed by atoms with van der Waals surface area (Å²) in [5.41, 5.74) is 2.90. The zero-order valence-electron chi connectivity index (χ0n) is 15.3. The van der Waals surface area contributed by atoms with Crippen molar-refractivity contribution in [2.75, 3.05) is 33.8 Å². The number of amides is 1. The van der Waals surface area contributed by atoms with Crippen LogP contribution in [0.15, 0.2) is 28.8 Å². The van der Waals surface area contributed by atoms with Crippen molar-refractivity contribution < 1.29 is 14.1 Å². The molecule has 1 fully saturated rings. The molecule has 2 aromatic rings. The van der Waals surface area contributed by atoms with Crippen LogP contribution in [0.2, 0.25) is 0 Å². The van der Waals surface area contributed by atoms with Gasteiger partial charge in [-0.05, 0) is 38.6 Å². The van der Waals surface area contributed by atoms with E-state index in [4.69, 9.17) is 9.26 Å². The molecule has 1 atom stereocenters. The Balaban J connectivity index is 1.72. The maximum Gasteiger partial charge on any atom is 0.227 e. The van der Waals surface area contributed by atoms with Gasteiger partial charge in [-0.1, -0.05) is 17.3 Å². The highest BCUT2D eigenvalue weighted by Crippen LogP contribution is 2.26. The number of likely N-dealkylation sites (N-methyl/N-ethyl adjacent to an activating group) is 1. The fraction of sp³-hybridized carbons (Fsp3) is 0.474. The Morgan fingerprint density at radius 1 is 1.28 bits per heavy atom. The molecule has 134 valence electrons. The van der Waals surface area contributed by atoms with Gasteiger partial charge in [0.15, 0.2) is 0 Å². The number of aryl methyl sites for hydroxylation is 2. The molecule has 1 saturated heterocycles. The minimum Gasteiger partial charge on any atom is -0.497 e. The molecule has 0 unspecified atom stereocenters. The number of aromatic nitrogens is 1. The average Bonchev–Trinajstić information content (AvgIpc) is 2.94. The van der Waals surface area contributed by atoms with E-state index < -0.39 is 0 Å². The van der Waals surface area contributed by atoms with Crippen LogP contribution in [0.5, 0.6) is 5.75 Å². The van der Waals surface area contributed by atoms with E-state index in [-0.39, 0.29) is 11.9 Å². The van der Waals surface area contributed by atoms with Crippen LogP contribution in [0.1, 0.15) is 28.6 Å². The van der Waals surface area contributed by atoms with Crippen molar-refractivity contribution >= 4 is 5.91 Å². The van der Waals surface area contributed by atoms with Gasteiger partial charge in [-0.25, -0.2) is 0 Å². The third-order valence-corrected chi connectivity index (χ3v) is 5.01. The van der Waals surface area contributed by atoms with E-state index >= 15 is 0 Å². The van der Waals surface area contributed by atoms with Crippen molar-refractivity contribution in [1.82, 2.24) is 15.0 Å². The van der Waals surface area contributed by atoms with Gasteiger partial charge in [-0.2, -0.15) is 0 Å². The van der Waals surface area contributed by atoms with Gasteiger partial charge in [-0.3, -0.25) is 9.69 Å². The molecule has 0 bridgehead atoms. The Labute approximate surface area is 148 Å². The quantitative estimate of drug-likeness (QED) is 0.853. The third kappa shape index (κ3) is 3.69. The number of methoxy groups -OCH3 is 1. The molecule has 0 radical (unpaired) electrons. The van der Waals surface area contributed by atoms with E-state index in [0.29, 0.717) is 13.0 Å². The van der Waals surface area contributed by atoms with Gasteiger partial charge >= 0.3 is 0 Å². The number of piperazine rings is 1. The first-order chi connectivity index (χ1) is 12.0. The summed E-state index contributed by atoms with van der Waals surface area (Å²) < 4.78 is 10.4. The number of hydrogen-bond acceptors (Lipinski definition) is 5. The lowest BCUT2D eigenvalue weighted by Crippen LogP contribution is -2.49. The molecule has 0 saturated carbocycles. The molecular formula is C19H25N3O3. The Morgan fingerprint density at radius 2 is 2.00 bits per heavy atom. The van der Waals surface area contributed by atoms with Crippen LogP contribution in [-0.4, -0.2) is 54.7 Å². The zero-order chi connectivity index (χ0) is 18.0. The maximum atomic E-state index is 12.8. The van der Waals surface area contributed by atoms with Gasteiger partial charge in [0, 0.05) is 25.2 Å². The van der Waals surface area contributed by atoms with Gasteiger partial charge in [0.1, 0.15) is 11.5 Å². The van der Waals surface area contributed by atoms with Gasteiger partial charge in [0.2, 0.25) is 5.91 Å². The van der Waals surface area contributed by atoms with Crippen molar-refractivity contribution in [3.63, 3.8) is 0 Å². The first-order valence-corrected chi connectivity index (χ1v) is 8.53. The summed E-state index contributed by atoms with van der Waals surface area (Å²) in [5, 5.41) is 3.94. The van der Waals surface area contributed by atoms with Crippen molar-refractivity contribution in [2.24, 2.45) is 0 Å². The van der Waals surface area contributed by atoms with Crippen molar-refractivity contribution in [2.45, 2.75) is 26.3 Å². The van der Waals surface area contributed by atoms with E-state index in [1.165, 1.54) is 5.56 Å². The van der Waals surface area contributed by atoms with Gasteiger partial charge in [0.25, 0.3) is 0 Å². The molecule has 1 aliphatic heterocycles. The molecule has 2 heterocycles. The number of carbonyl (C=O) groups is 1. The summed E-state index contributed by atoms with van der Waals surface area (Å²) in [5.74, 6) is 1.70. The van der Waals surface area contributed by atoms with Crippen molar-refractivity contribution in [1.29, 1.82) is 0 Å². The summed E-state index contributed by atoms with van der Waals surface area (Å²) in [6, 6.07) is 8.26. The minimum atomic E-state index is 0.126. The lowest BCUT2D eigenvalue weighted by molar-refractivity contribution is -0.133. The molecule has 0 N–H and O–H groups in total. The van der Waals surface area contributed by atoms with E-state index in [9.17, 15) is 4.79 Å². The minimum absolute atomic E-state index is 0.126. The maximum absolute atomic E-state index is 12.8. The van der Waals surface area contributed by atoms with Crippen LogP contribution < -0.4 is 4.74 Å². The van der Waals surface area contributed by atoms with Gasteiger partial charge < -0.3 is 14.2 Å². The number of carbonyl (C=O) groups excluding carboxylic acids is 1. The lowest BCUT2D eigenvalue weighted by atomic mass is 10.0. The molecule has 3 rings (SSSR count). The van der Waals surface area contributed by atoms with Crippen LogP contribution in [0.4, 0.5) is 0 Å². The predicted octanol–water partition coefficient (Wildman–Crippen LogP) is 2.36. The number of ether oxygens (including phenoxy) is 1. The van der Waals surface area contributed by atoms with Crippen LogP contribution in [0.25, 0.3) is 0 Å². The van der Waals surface area contributed by atoms with E-state index in [2.05, 4.69) is 29.2 Å². The number of rotatable bonds is 4. The smallest absolute Gasteiger partial charge is 0.227 e. The van der Waals surface area contributed by atoms with E-state index in [1.807, 2.05) is 30.9 Å². The highest BCUT2D eigenvalue weighted by molar-refractivity contribution is 5.79. The summed E-state index contributed by atoms with van der Waals surface area (Å²) in [6.07, 6.45) is 0.347. The van der Waals surface area contributed by atoms with E-state index in [0.717, 1.165) is 35.9 Å². The summed E-state index contributed by atoms with van der Waals surface area (Å²) in [7, 11) is 3.77. The fourth-order valence-electron chi connectivity index (χ4n) is 3.30. The monoisotopic (exact) mass is 343 g/mol. The fourth-order valence-corrected chi connectivity index (χ4v) is 3.30. The Kier molecular flexibility index (Phi) is 5.08. The van der Waals surface area contributed by atoms with Crippen molar-refractivity contribution in [3.05, 3.63) is 46.8 Å². The Bertz CT molecular complexity index is 719. The summed E-state index contributed by atoms with van der Waals surface area (Å²) in [6.45, 7) is 6.01. The highest BCUT2D eigenvalue weighted by atomic mass is 16.5. The molecule has 0 aliphatic carbocycles. The topological polar surface area (TPSA) is 58.8 Å². The lowest BCUT2D eigenvalue weighted by Gasteiger charge is -2.39. The second-order valence-corrected chi connectivity index (χ2v) is 6.59. The van der Waals surface area contributed by atoms with Crippen LogP contribution in [0.3, 0.4) is 0 Å². The Hall–Kier alpha value is -2.34. The molecule has 25 heavy (non-hydrogen) atoms. The van der Waals surface area contributed by atoms with Crippen LogP contribution >= 0.6 is 0 Å². The number of nitrogens with zero attached hydrogens (tertiary/aromatic N) is 3. The molecule has 6 nitrogen and oxygen atoms in total. The summed E-state index contributed by atoms with van der Waals surface area (Å²) >= 11 is 0. The average molecular weight is 343 g/mol. The van der Waals surface area contributed by atoms with Crippen LogP contribution in [0, 0.1) is 13.8 Å². The molecule has 6 heteroatoms.